The van der Waals surface area contributed by atoms with Crippen molar-refractivity contribution in [2.24, 2.45) is 5.92 Å². The van der Waals surface area contributed by atoms with Crippen molar-refractivity contribution in [3.05, 3.63) is 63.3 Å². The van der Waals surface area contributed by atoms with Crippen LogP contribution in [0.5, 0.6) is 0 Å². The molecule has 136 valence electrons. The molecule has 1 fully saturated rings. The smallest absolute Gasteiger partial charge is 0.254 e. The fourth-order valence-corrected chi connectivity index (χ4v) is 4.52. The summed E-state index contributed by atoms with van der Waals surface area (Å²) in [5.74, 6) is 1.13. The minimum atomic E-state index is -0.0802. The van der Waals surface area contributed by atoms with E-state index in [0.29, 0.717) is 31.3 Å². The van der Waals surface area contributed by atoms with Crippen LogP contribution in [-0.4, -0.2) is 27.3 Å². The van der Waals surface area contributed by atoms with Gasteiger partial charge in [-0.25, -0.2) is 4.98 Å². The third-order valence-electron chi connectivity index (χ3n) is 5.80. The number of hydrogen-bond acceptors (Lipinski definition) is 3. The molecule has 0 radical (unpaired) electrons. The molecule has 5 nitrogen and oxygen atoms in total. The molecule has 2 aliphatic rings. The predicted molar refractivity (Wildman–Crippen MR) is 99.9 cm³/mol. The molecule has 4 rings (SSSR count). The lowest BCUT2D eigenvalue weighted by molar-refractivity contribution is -0.135. The number of carbonyl (C=O) groups excluding carboxylic acids is 1. The lowest BCUT2D eigenvalue weighted by Gasteiger charge is -2.33. The van der Waals surface area contributed by atoms with E-state index in [1.54, 1.807) is 6.92 Å². The van der Waals surface area contributed by atoms with Gasteiger partial charge in [0.05, 0.1) is 18.2 Å². The van der Waals surface area contributed by atoms with Crippen molar-refractivity contribution in [2.45, 2.75) is 51.5 Å². The first-order valence-corrected chi connectivity index (χ1v) is 9.56. The third kappa shape index (κ3) is 3.18. The first kappa shape index (κ1) is 17.0. The van der Waals surface area contributed by atoms with E-state index in [-0.39, 0.29) is 17.4 Å². The lowest BCUT2D eigenvalue weighted by atomic mass is 9.83. The summed E-state index contributed by atoms with van der Waals surface area (Å²) in [4.78, 5) is 34.8. The highest BCUT2D eigenvalue weighted by molar-refractivity contribution is 5.84. The summed E-state index contributed by atoms with van der Waals surface area (Å²) in [6.07, 6.45) is 5.23. The molecule has 2 aromatic rings. The summed E-state index contributed by atoms with van der Waals surface area (Å²) in [5.41, 5.74) is 2.54. The largest absolute Gasteiger partial charge is 0.336 e. The predicted octanol–water partition coefficient (Wildman–Crippen LogP) is 2.94. The SMILES string of the molecule is Cc1nc2c(c(=O)[nH]1)CCN(C(=O)[C@H](c1ccccc1)C1CCCC1)C2. The quantitative estimate of drug-likeness (QED) is 0.924. The molecule has 1 aliphatic carbocycles. The lowest BCUT2D eigenvalue weighted by Crippen LogP contribution is -2.42. The number of nitrogens with one attached hydrogen (secondary N) is 1. The zero-order valence-electron chi connectivity index (χ0n) is 15.2. The maximum absolute atomic E-state index is 13.5. The van der Waals surface area contributed by atoms with E-state index in [0.717, 1.165) is 29.7 Å². The number of hydrogen-bond donors (Lipinski definition) is 1. The molecule has 0 unspecified atom stereocenters. The second-order valence-electron chi connectivity index (χ2n) is 7.52. The van der Waals surface area contributed by atoms with Crippen molar-refractivity contribution in [3.8, 4) is 0 Å². The summed E-state index contributed by atoms with van der Waals surface area (Å²) in [6, 6.07) is 10.2. The number of rotatable bonds is 3. The Labute approximate surface area is 153 Å². The van der Waals surface area contributed by atoms with Crippen molar-refractivity contribution in [2.75, 3.05) is 6.54 Å². The monoisotopic (exact) mass is 351 g/mol. The van der Waals surface area contributed by atoms with Crippen LogP contribution in [0.3, 0.4) is 0 Å². The topological polar surface area (TPSA) is 66.1 Å². The maximum atomic E-state index is 13.5. The zero-order valence-corrected chi connectivity index (χ0v) is 15.2. The number of H-pyrrole nitrogens is 1. The van der Waals surface area contributed by atoms with Crippen molar-refractivity contribution < 1.29 is 4.79 Å². The second-order valence-corrected chi connectivity index (χ2v) is 7.52. The van der Waals surface area contributed by atoms with Gasteiger partial charge in [0.15, 0.2) is 0 Å². The van der Waals surface area contributed by atoms with Gasteiger partial charge in [0.1, 0.15) is 5.82 Å². The van der Waals surface area contributed by atoms with Crippen LogP contribution in [0.25, 0.3) is 0 Å². The average Bonchev–Trinajstić information content (AvgIpc) is 3.16. The first-order chi connectivity index (χ1) is 12.6. The van der Waals surface area contributed by atoms with E-state index in [1.807, 2.05) is 23.1 Å². The summed E-state index contributed by atoms with van der Waals surface area (Å²) < 4.78 is 0. The Bertz CT molecular complexity index is 853. The number of aryl methyl sites for hydroxylation is 1. The Morgan fingerprint density at radius 2 is 1.96 bits per heavy atom. The van der Waals surface area contributed by atoms with Crippen molar-refractivity contribution in [1.82, 2.24) is 14.9 Å². The molecule has 5 heteroatoms. The molecule has 0 bridgehead atoms. The standard InChI is InChI=1S/C21H25N3O2/c1-14-22-18-13-24(12-11-17(18)20(25)23-14)21(26)19(16-9-5-6-10-16)15-7-3-2-4-8-15/h2-4,7-8,16,19H,5-6,9-13H2,1H3,(H,22,23,25)/t19-/m1/s1. The molecular weight excluding hydrogens is 326 g/mol. The molecule has 1 amide bonds. The van der Waals surface area contributed by atoms with Gasteiger partial charge in [0.25, 0.3) is 5.56 Å². The molecule has 1 atom stereocenters. The molecule has 26 heavy (non-hydrogen) atoms. The van der Waals surface area contributed by atoms with Crippen LogP contribution in [0.2, 0.25) is 0 Å². The van der Waals surface area contributed by atoms with E-state index in [4.69, 9.17) is 0 Å². The molecule has 1 aromatic heterocycles. The number of aromatic nitrogens is 2. The highest BCUT2D eigenvalue weighted by atomic mass is 16.2. The molecule has 1 aromatic carbocycles. The van der Waals surface area contributed by atoms with Gasteiger partial charge in [-0.3, -0.25) is 9.59 Å². The summed E-state index contributed by atoms with van der Waals surface area (Å²) in [7, 11) is 0. The number of aromatic amines is 1. The molecular formula is C21H25N3O2. The van der Waals surface area contributed by atoms with E-state index < -0.39 is 0 Å². The van der Waals surface area contributed by atoms with Gasteiger partial charge in [0, 0.05) is 12.1 Å². The summed E-state index contributed by atoms with van der Waals surface area (Å²) >= 11 is 0. The van der Waals surface area contributed by atoms with Gasteiger partial charge < -0.3 is 9.88 Å². The Balaban J connectivity index is 1.63. The third-order valence-corrected chi connectivity index (χ3v) is 5.80. The van der Waals surface area contributed by atoms with Gasteiger partial charge >= 0.3 is 0 Å². The van der Waals surface area contributed by atoms with Crippen LogP contribution in [0.15, 0.2) is 35.1 Å². The van der Waals surface area contributed by atoms with Gasteiger partial charge in [-0.1, -0.05) is 43.2 Å². The molecule has 1 saturated carbocycles. The summed E-state index contributed by atoms with van der Waals surface area (Å²) in [5, 5.41) is 0. The first-order valence-electron chi connectivity index (χ1n) is 9.56. The van der Waals surface area contributed by atoms with Gasteiger partial charge in [-0.05, 0) is 37.7 Å². The average molecular weight is 351 g/mol. The van der Waals surface area contributed by atoms with E-state index in [9.17, 15) is 9.59 Å². The van der Waals surface area contributed by atoms with E-state index in [2.05, 4.69) is 22.1 Å². The summed E-state index contributed by atoms with van der Waals surface area (Å²) in [6.45, 7) is 2.82. The van der Waals surface area contributed by atoms with Crippen molar-refractivity contribution in [3.63, 3.8) is 0 Å². The number of benzene rings is 1. The van der Waals surface area contributed by atoms with Crippen LogP contribution < -0.4 is 5.56 Å². The molecule has 1 N–H and O–H groups in total. The number of carbonyl (C=O) groups is 1. The fourth-order valence-electron chi connectivity index (χ4n) is 4.52. The van der Waals surface area contributed by atoms with Crippen molar-refractivity contribution >= 4 is 5.91 Å². The second kappa shape index (κ2) is 7.06. The van der Waals surface area contributed by atoms with Crippen LogP contribution in [0.1, 0.15) is 54.2 Å². The minimum Gasteiger partial charge on any atom is -0.336 e. The number of nitrogens with zero attached hydrogens (tertiary/aromatic N) is 2. The number of amides is 1. The molecule has 1 aliphatic heterocycles. The highest BCUT2D eigenvalue weighted by Gasteiger charge is 2.36. The molecule has 0 saturated heterocycles. The normalized spacial score (nSPS) is 18.6. The van der Waals surface area contributed by atoms with Crippen LogP contribution >= 0.6 is 0 Å². The molecule has 2 heterocycles. The van der Waals surface area contributed by atoms with E-state index >= 15 is 0 Å². The highest BCUT2D eigenvalue weighted by Crippen LogP contribution is 2.39. The Morgan fingerprint density at radius 3 is 2.69 bits per heavy atom. The van der Waals surface area contributed by atoms with Gasteiger partial charge in [-0.15, -0.1) is 0 Å². The maximum Gasteiger partial charge on any atom is 0.254 e. The Kier molecular flexibility index (Phi) is 4.62. The molecule has 0 spiro atoms. The number of fused-ring (bicyclic) bond motifs is 1. The van der Waals surface area contributed by atoms with Crippen LogP contribution in [0.4, 0.5) is 0 Å². The fraction of sp³-hybridized carbons (Fsp3) is 0.476. The minimum absolute atomic E-state index is 0.0602. The van der Waals surface area contributed by atoms with Gasteiger partial charge in [0.2, 0.25) is 5.91 Å². The van der Waals surface area contributed by atoms with E-state index in [1.165, 1.54) is 12.8 Å². The zero-order chi connectivity index (χ0) is 18.1. The van der Waals surface area contributed by atoms with Crippen LogP contribution in [0, 0.1) is 12.8 Å². The van der Waals surface area contributed by atoms with Crippen molar-refractivity contribution in [1.29, 1.82) is 0 Å². The Hall–Kier alpha value is -2.43. The van der Waals surface area contributed by atoms with Gasteiger partial charge in [-0.2, -0.15) is 0 Å². The Morgan fingerprint density at radius 1 is 1.23 bits per heavy atom. The van der Waals surface area contributed by atoms with Crippen LogP contribution in [-0.2, 0) is 17.8 Å².